The number of esters is 1. The molecule has 0 amide bonds. The summed E-state index contributed by atoms with van der Waals surface area (Å²) in [5.74, 6) is 1.48. The van der Waals surface area contributed by atoms with Crippen LogP contribution in [0.4, 0.5) is 0 Å². The van der Waals surface area contributed by atoms with Gasteiger partial charge in [-0.05, 0) is 74.6 Å². The molecule has 9 atom stereocenters. The van der Waals surface area contributed by atoms with E-state index < -0.39 is 22.3 Å². The van der Waals surface area contributed by atoms with Crippen molar-refractivity contribution in [1.29, 1.82) is 0 Å². The molecule has 3 fully saturated rings. The molecule has 0 unspecified atom stereocenters. The van der Waals surface area contributed by atoms with Gasteiger partial charge in [0.25, 0.3) is 0 Å². The predicted octanol–water partition coefficient (Wildman–Crippen LogP) is 6.57. The van der Waals surface area contributed by atoms with Gasteiger partial charge < -0.3 is 18.6 Å². The highest BCUT2D eigenvalue weighted by molar-refractivity contribution is 6.00. The Morgan fingerprint density at radius 2 is 1.85 bits per heavy atom. The molecule has 2 aromatic rings. The van der Waals surface area contributed by atoms with Crippen LogP contribution in [-0.2, 0) is 19.1 Å². The minimum atomic E-state index is -0.809. The van der Waals surface area contributed by atoms with Crippen molar-refractivity contribution in [2.75, 3.05) is 7.11 Å². The predicted molar refractivity (Wildman–Crippen MR) is 150 cm³/mol. The zero-order chi connectivity index (χ0) is 28.4. The standard InChI is InChI=1S/C34H38O6/c1-8-24-33(5)25(35)11-13-32(4)29(33)28(40-31(32)36)30-34(24,6)26-18(3)22(16-23(26)39-30)21-12-14-38-27(21)20-10-9-19(37-7)15-17(20)2/h9-15,22-24,28-30H,8,16H2,1-7H3/t22-,23-,24-,28-,29+,30-,32-,33+,34-/m1/s1. The van der Waals surface area contributed by atoms with Crippen molar-refractivity contribution < 1.29 is 28.2 Å². The lowest BCUT2D eigenvalue weighted by molar-refractivity contribution is -0.186. The van der Waals surface area contributed by atoms with Gasteiger partial charge in [0.2, 0.25) is 0 Å². The third-order valence-corrected chi connectivity index (χ3v) is 11.5. The summed E-state index contributed by atoms with van der Waals surface area (Å²) in [6.07, 6.45) is 6.02. The summed E-state index contributed by atoms with van der Waals surface area (Å²) in [6, 6.07) is 8.15. The molecule has 3 aliphatic carbocycles. The van der Waals surface area contributed by atoms with Gasteiger partial charge >= 0.3 is 5.97 Å². The van der Waals surface area contributed by atoms with E-state index in [1.807, 2.05) is 19.1 Å². The van der Waals surface area contributed by atoms with Crippen molar-refractivity contribution in [3.8, 4) is 17.1 Å². The average molecular weight is 543 g/mol. The summed E-state index contributed by atoms with van der Waals surface area (Å²) < 4.78 is 24.7. The van der Waals surface area contributed by atoms with E-state index in [1.165, 1.54) is 11.1 Å². The molecule has 6 heteroatoms. The maximum absolute atomic E-state index is 13.8. The molecule has 7 rings (SSSR count). The fourth-order valence-corrected chi connectivity index (χ4v) is 9.91. The van der Waals surface area contributed by atoms with Crippen LogP contribution >= 0.6 is 0 Å². The number of allylic oxidation sites excluding steroid dienone is 2. The van der Waals surface area contributed by atoms with Crippen molar-refractivity contribution in [3.05, 3.63) is 65.0 Å². The van der Waals surface area contributed by atoms with E-state index in [1.54, 1.807) is 25.5 Å². The molecular formula is C34H38O6. The molecule has 0 spiro atoms. The van der Waals surface area contributed by atoms with Gasteiger partial charge in [-0.15, -0.1) is 0 Å². The van der Waals surface area contributed by atoms with Gasteiger partial charge in [-0.3, -0.25) is 9.59 Å². The van der Waals surface area contributed by atoms with Gasteiger partial charge in [0, 0.05) is 33.8 Å². The highest BCUT2D eigenvalue weighted by Crippen LogP contribution is 2.72. The zero-order valence-corrected chi connectivity index (χ0v) is 24.4. The summed E-state index contributed by atoms with van der Waals surface area (Å²) in [5.41, 5.74) is 3.92. The zero-order valence-electron chi connectivity index (χ0n) is 24.4. The second-order valence-corrected chi connectivity index (χ2v) is 13.2. The van der Waals surface area contributed by atoms with E-state index in [9.17, 15) is 9.59 Å². The molecule has 210 valence electrons. The second-order valence-electron chi connectivity index (χ2n) is 13.2. The van der Waals surface area contributed by atoms with Crippen LogP contribution < -0.4 is 4.74 Å². The Labute approximate surface area is 235 Å². The van der Waals surface area contributed by atoms with Crippen LogP contribution in [-0.4, -0.2) is 37.2 Å². The van der Waals surface area contributed by atoms with Crippen molar-refractivity contribution in [2.24, 2.45) is 28.1 Å². The number of rotatable bonds is 4. The van der Waals surface area contributed by atoms with Crippen LogP contribution in [0.25, 0.3) is 11.3 Å². The summed E-state index contributed by atoms with van der Waals surface area (Å²) in [7, 11) is 1.68. The molecule has 2 aliphatic heterocycles. The van der Waals surface area contributed by atoms with Crippen LogP contribution in [0, 0.1) is 35.0 Å². The lowest BCUT2D eigenvalue weighted by Crippen LogP contribution is -2.65. The van der Waals surface area contributed by atoms with Gasteiger partial charge in [-0.1, -0.05) is 38.8 Å². The summed E-state index contributed by atoms with van der Waals surface area (Å²) in [5, 5.41) is 0. The minimum Gasteiger partial charge on any atom is -0.497 e. The van der Waals surface area contributed by atoms with E-state index in [-0.39, 0.29) is 41.7 Å². The number of ketones is 1. The monoisotopic (exact) mass is 542 g/mol. The van der Waals surface area contributed by atoms with Crippen molar-refractivity contribution in [2.45, 2.75) is 78.6 Å². The molecule has 1 aromatic heterocycles. The van der Waals surface area contributed by atoms with E-state index >= 15 is 0 Å². The number of ether oxygens (including phenoxy) is 3. The van der Waals surface area contributed by atoms with E-state index in [0.29, 0.717) is 0 Å². The topological polar surface area (TPSA) is 75.0 Å². The quantitative estimate of drug-likeness (QED) is 0.321. The lowest BCUT2D eigenvalue weighted by Gasteiger charge is -2.59. The maximum Gasteiger partial charge on any atom is 0.316 e. The fourth-order valence-electron chi connectivity index (χ4n) is 9.91. The first-order chi connectivity index (χ1) is 19.0. The van der Waals surface area contributed by atoms with E-state index in [2.05, 4.69) is 46.8 Å². The number of hydrogen-bond acceptors (Lipinski definition) is 6. The second kappa shape index (κ2) is 8.22. The lowest BCUT2D eigenvalue weighted by atomic mass is 9.42. The number of fused-ring (bicyclic) bond motifs is 4. The van der Waals surface area contributed by atoms with E-state index in [0.717, 1.165) is 41.0 Å². The highest BCUT2D eigenvalue weighted by atomic mass is 16.6. The largest absolute Gasteiger partial charge is 0.497 e. The van der Waals surface area contributed by atoms with E-state index in [4.69, 9.17) is 18.6 Å². The SMILES string of the molecule is CC[C@H]1[C@]2(C)C3=C(C)[C@H](c4ccoc4-c4ccc(OC)cc4C)C[C@H]3O[C@@H]2[C@@H]2OC(=O)[C@]3(C)C=CC(=O)[C@@]1(C)[C@@H]23. The number of methoxy groups -OCH3 is 1. The maximum atomic E-state index is 13.8. The van der Waals surface area contributed by atoms with Gasteiger partial charge in [0.1, 0.15) is 23.7 Å². The van der Waals surface area contributed by atoms with Crippen LogP contribution in [0.15, 0.2) is 58.2 Å². The van der Waals surface area contributed by atoms with Gasteiger partial charge in [-0.25, -0.2) is 0 Å². The Bertz CT molecular complexity index is 1510. The third kappa shape index (κ3) is 2.88. The smallest absolute Gasteiger partial charge is 0.316 e. The Hall–Kier alpha value is -3.12. The molecule has 6 nitrogen and oxygen atoms in total. The third-order valence-electron chi connectivity index (χ3n) is 11.5. The fraction of sp³-hybridized carbons (Fsp3) is 0.529. The van der Waals surface area contributed by atoms with Crippen molar-refractivity contribution in [1.82, 2.24) is 0 Å². The molecule has 5 aliphatic rings. The minimum absolute atomic E-state index is 0.0128. The normalized spacial score (nSPS) is 41.2. The average Bonchev–Trinajstić information content (AvgIpc) is 3.65. The Balaban J connectivity index is 1.35. The Morgan fingerprint density at radius 3 is 2.55 bits per heavy atom. The number of benzene rings is 1. The number of aryl methyl sites for hydroxylation is 1. The number of carbonyl (C=O) groups is 2. The van der Waals surface area contributed by atoms with Crippen LogP contribution in [0.2, 0.25) is 0 Å². The first-order valence-electron chi connectivity index (χ1n) is 14.6. The van der Waals surface area contributed by atoms with Crippen LogP contribution in [0.5, 0.6) is 5.75 Å². The summed E-state index contributed by atoms with van der Waals surface area (Å²) in [6.45, 7) is 12.8. The molecule has 0 radical (unpaired) electrons. The molecule has 0 N–H and O–H groups in total. The van der Waals surface area contributed by atoms with Crippen molar-refractivity contribution >= 4 is 11.8 Å². The Kier molecular flexibility index (Phi) is 5.31. The molecule has 1 aromatic carbocycles. The number of furan rings is 1. The number of carbonyl (C=O) groups excluding carboxylic acids is 2. The molecular weight excluding hydrogens is 504 g/mol. The molecule has 0 bridgehead atoms. The van der Waals surface area contributed by atoms with Crippen molar-refractivity contribution in [3.63, 3.8) is 0 Å². The summed E-state index contributed by atoms with van der Waals surface area (Å²) in [4.78, 5) is 27.1. The highest BCUT2D eigenvalue weighted by Gasteiger charge is 2.77. The molecule has 2 saturated heterocycles. The first kappa shape index (κ1) is 25.8. The van der Waals surface area contributed by atoms with Crippen LogP contribution in [0.1, 0.15) is 64.5 Å². The van der Waals surface area contributed by atoms with Crippen LogP contribution in [0.3, 0.4) is 0 Å². The van der Waals surface area contributed by atoms with Gasteiger partial charge in [-0.2, -0.15) is 0 Å². The first-order valence-corrected chi connectivity index (χ1v) is 14.6. The molecule has 40 heavy (non-hydrogen) atoms. The van der Waals surface area contributed by atoms with Gasteiger partial charge in [0.05, 0.1) is 24.9 Å². The number of hydrogen-bond donors (Lipinski definition) is 0. The molecule has 3 heterocycles. The van der Waals surface area contributed by atoms with Gasteiger partial charge in [0.15, 0.2) is 5.78 Å². The Morgan fingerprint density at radius 1 is 1.07 bits per heavy atom. The molecule has 1 saturated carbocycles. The summed E-state index contributed by atoms with van der Waals surface area (Å²) >= 11 is 0.